The summed E-state index contributed by atoms with van der Waals surface area (Å²) in [6, 6.07) is 24.7. The molecule has 2 aromatic heterocycles. The van der Waals surface area contributed by atoms with E-state index in [0.29, 0.717) is 11.1 Å². The first-order valence-electron chi connectivity index (χ1n) is 24.7. The van der Waals surface area contributed by atoms with Crippen molar-refractivity contribution in [3.05, 3.63) is 200 Å². The molecule has 0 radical (unpaired) electrons. The van der Waals surface area contributed by atoms with Gasteiger partial charge in [-0.3, -0.25) is 0 Å². The average Bonchev–Trinajstić information content (AvgIpc) is 3.79. The third-order valence-corrected chi connectivity index (χ3v) is 10.1. The van der Waals surface area contributed by atoms with E-state index in [9.17, 15) is 6.85 Å². The molecule has 0 aliphatic rings. The molecule has 258 valence electrons. The standard InChI is InChI=1S/C51H33N3S/c1-4-11-34(12-5-1)37-19-25-40(26-20-37)44-17-10-18-46-48(44)45-32-31-43(33-47(45)55-46)51-53-49(41-27-21-38(22-28-41)35-13-6-2-7-14-35)52-50(54-51)42-29-23-39(24-30-42)36-15-8-3-9-16-36/h1-33H/i1D,4D,5D,10D,11D,12D,17D,18D,19D,20D,25D,26D,31D,32D,33D. The summed E-state index contributed by atoms with van der Waals surface area (Å²) in [4.78, 5) is 14.5. The zero-order valence-electron chi connectivity index (χ0n) is 43.6. The Kier molecular flexibility index (Phi) is 5.24. The molecule has 0 N–H and O–H groups in total. The zero-order chi connectivity index (χ0) is 49.6. The molecule has 0 aliphatic heterocycles. The van der Waals surface area contributed by atoms with Crippen LogP contribution < -0.4 is 0 Å². The molecule has 0 saturated heterocycles. The van der Waals surface area contributed by atoms with Crippen LogP contribution in [0.4, 0.5) is 0 Å². The first-order valence-corrected chi connectivity index (χ1v) is 18.0. The maximum Gasteiger partial charge on any atom is 0.164 e. The van der Waals surface area contributed by atoms with E-state index in [1.54, 1.807) is 0 Å². The number of nitrogens with zero attached hydrogens (tertiary/aromatic N) is 3. The highest BCUT2D eigenvalue weighted by Gasteiger charge is 2.16. The Labute approximate surface area is 345 Å². The maximum atomic E-state index is 9.70. The number of hydrogen-bond donors (Lipinski definition) is 0. The van der Waals surface area contributed by atoms with Gasteiger partial charge in [-0.1, -0.05) is 188 Å². The molecule has 0 saturated carbocycles. The molecule has 0 bridgehead atoms. The van der Waals surface area contributed by atoms with Crippen LogP contribution in [0.5, 0.6) is 0 Å². The molecule has 4 heteroatoms. The van der Waals surface area contributed by atoms with Gasteiger partial charge < -0.3 is 0 Å². The molecule has 8 aromatic carbocycles. The van der Waals surface area contributed by atoms with Crippen LogP contribution in [-0.2, 0) is 0 Å². The fourth-order valence-electron chi connectivity index (χ4n) is 6.32. The maximum absolute atomic E-state index is 9.70. The molecule has 10 rings (SSSR count). The molecule has 3 nitrogen and oxygen atoms in total. The van der Waals surface area contributed by atoms with E-state index < -0.39 is 101 Å². The van der Waals surface area contributed by atoms with Gasteiger partial charge in [0.1, 0.15) is 0 Å². The predicted octanol–water partition coefficient (Wildman–Crippen LogP) is 13.9. The Hall–Kier alpha value is -7.01. The molecular formula is C51H33N3S. The minimum atomic E-state index is -0.801. The third kappa shape index (κ3) is 6.39. The van der Waals surface area contributed by atoms with Crippen molar-refractivity contribution in [2.24, 2.45) is 0 Å². The van der Waals surface area contributed by atoms with E-state index in [-0.39, 0.29) is 54.8 Å². The van der Waals surface area contributed by atoms with Crippen LogP contribution in [0, 0.1) is 0 Å². The van der Waals surface area contributed by atoms with Gasteiger partial charge in [0, 0.05) is 36.9 Å². The van der Waals surface area contributed by atoms with E-state index in [1.165, 1.54) is 0 Å². The Morgan fingerprint density at radius 3 is 1.40 bits per heavy atom. The van der Waals surface area contributed by atoms with Crippen LogP contribution in [0.3, 0.4) is 0 Å². The molecular weight excluding hydrogens is 687 g/mol. The lowest BCUT2D eigenvalue weighted by Crippen LogP contribution is -2.00. The Balaban J connectivity index is 1.20. The van der Waals surface area contributed by atoms with Gasteiger partial charge in [0.25, 0.3) is 0 Å². The van der Waals surface area contributed by atoms with Crippen LogP contribution in [0.2, 0.25) is 0 Å². The van der Waals surface area contributed by atoms with Gasteiger partial charge in [-0.15, -0.1) is 11.3 Å². The summed E-state index contributed by atoms with van der Waals surface area (Å²) in [6.07, 6.45) is 0. The lowest BCUT2D eigenvalue weighted by atomic mass is 9.97. The minimum Gasteiger partial charge on any atom is -0.208 e. The van der Waals surface area contributed by atoms with E-state index in [4.69, 9.17) is 28.7 Å². The number of aromatic nitrogens is 3. The van der Waals surface area contributed by atoms with Crippen LogP contribution in [0.25, 0.3) is 98.8 Å². The van der Waals surface area contributed by atoms with Crippen molar-refractivity contribution < 1.29 is 20.6 Å². The van der Waals surface area contributed by atoms with Crippen molar-refractivity contribution in [1.29, 1.82) is 0 Å². The quantitative estimate of drug-likeness (QED) is 0.164. The van der Waals surface area contributed by atoms with E-state index in [1.807, 2.05) is 109 Å². The van der Waals surface area contributed by atoms with Crippen LogP contribution in [0.1, 0.15) is 20.6 Å². The van der Waals surface area contributed by atoms with Crippen LogP contribution in [0.15, 0.2) is 200 Å². The molecule has 0 atom stereocenters. The fourth-order valence-corrected chi connectivity index (χ4v) is 7.34. The second kappa shape index (κ2) is 14.1. The predicted molar refractivity (Wildman–Crippen MR) is 231 cm³/mol. The van der Waals surface area contributed by atoms with E-state index in [0.717, 1.165) is 33.6 Å². The molecule has 0 spiro atoms. The van der Waals surface area contributed by atoms with Crippen LogP contribution in [-0.4, -0.2) is 15.0 Å². The summed E-state index contributed by atoms with van der Waals surface area (Å²) < 4.78 is 134. The van der Waals surface area contributed by atoms with Crippen molar-refractivity contribution in [3.8, 4) is 78.7 Å². The van der Waals surface area contributed by atoms with Gasteiger partial charge >= 0.3 is 0 Å². The first-order chi connectivity index (χ1) is 33.5. The summed E-state index contributed by atoms with van der Waals surface area (Å²) in [5.41, 5.74) is 2.93. The number of fused-ring (bicyclic) bond motifs is 3. The molecule has 0 amide bonds. The molecule has 0 fully saturated rings. The second-order valence-electron chi connectivity index (χ2n) is 12.5. The largest absolute Gasteiger partial charge is 0.208 e. The Morgan fingerprint density at radius 1 is 0.345 bits per heavy atom. The highest BCUT2D eigenvalue weighted by Crippen LogP contribution is 2.42. The molecule has 0 unspecified atom stereocenters. The lowest BCUT2D eigenvalue weighted by Gasteiger charge is -2.10. The summed E-state index contributed by atoms with van der Waals surface area (Å²) in [5, 5.41) is -0.222. The van der Waals surface area contributed by atoms with Gasteiger partial charge in [0.2, 0.25) is 0 Å². The van der Waals surface area contributed by atoms with Gasteiger partial charge in [0.05, 0.1) is 20.6 Å². The summed E-state index contributed by atoms with van der Waals surface area (Å²) in [7, 11) is 0. The van der Waals surface area contributed by atoms with Gasteiger partial charge in [-0.2, -0.15) is 0 Å². The van der Waals surface area contributed by atoms with Gasteiger partial charge in [0.15, 0.2) is 17.5 Å². The van der Waals surface area contributed by atoms with Crippen molar-refractivity contribution >= 4 is 31.5 Å². The van der Waals surface area contributed by atoms with Crippen molar-refractivity contribution in [3.63, 3.8) is 0 Å². The minimum absolute atomic E-state index is 0.0230. The smallest absolute Gasteiger partial charge is 0.164 e. The van der Waals surface area contributed by atoms with Crippen molar-refractivity contribution in [2.75, 3.05) is 0 Å². The summed E-state index contributed by atoms with van der Waals surface area (Å²) in [6.45, 7) is 0. The lowest BCUT2D eigenvalue weighted by molar-refractivity contribution is 1.07. The third-order valence-electron chi connectivity index (χ3n) is 9.06. The average molecular weight is 735 g/mol. The highest BCUT2D eigenvalue weighted by atomic mass is 32.1. The van der Waals surface area contributed by atoms with Gasteiger partial charge in [-0.25, -0.2) is 15.0 Å². The fraction of sp³-hybridized carbons (Fsp3) is 0. The normalized spacial score (nSPS) is 15.1. The topological polar surface area (TPSA) is 38.7 Å². The van der Waals surface area contributed by atoms with Crippen LogP contribution >= 0.6 is 11.3 Å². The van der Waals surface area contributed by atoms with Crippen molar-refractivity contribution in [2.45, 2.75) is 0 Å². The number of rotatable bonds is 7. The Morgan fingerprint density at radius 2 is 0.818 bits per heavy atom. The molecule has 55 heavy (non-hydrogen) atoms. The molecule has 10 aromatic rings. The van der Waals surface area contributed by atoms with Crippen molar-refractivity contribution in [1.82, 2.24) is 15.0 Å². The van der Waals surface area contributed by atoms with Gasteiger partial charge in [-0.05, 0) is 56.6 Å². The zero-order valence-corrected chi connectivity index (χ0v) is 29.5. The number of hydrogen-bond acceptors (Lipinski definition) is 4. The van der Waals surface area contributed by atoms with E-state index in [2.05, 4.69) is 0 Å². The Bertz CT molecular complexity index is 3650. The summed E-state index contributed by atoms with van der Waals surface area (Å²) >= 11 is 0.829. The number of benzene rings is 8. The second-order valence-corrected chi connectivity index (χ2v) is 13.5. The highest BCUT2D eigenvalue weighted by molar-refractivity contribution is 7.26. The first kappa shape index (κ1) is 20.4. The van der Waals surface area contributed by atoms with E-state index >= 15 is 0 Å². The summed E-state index contributed by atoms with van der Waals surface area (Å²) in [5.74, 6) is 0.341. The monoisotopic (exact) mass is 734 g/mol. The SMILES string of the molecule is [2H]c1c([2H])c([2H])c(-c2c([2H])c([2H])c(-c3c([2H])c([2H])c([2H])c4sc5c([2H])c(-c6nc(-c7ccc(-c8ccccc8)cc7)nc(-c7ccc(-c8ccccc8)cc7)n6)c([2H])c([2H])c5c34)c([2H])c2[2H])c([2H])c1[2H]. The molecule has 0 aliphatic carbocycles. The number of thiophene rings is 1. The molecule has 2 heterocycles.